The maximum Gasteiger partial charge on any atom is 0.191 e. The van der Waals surface area contributed by atoms with Crippen LogP contribution in [0.25, 0.3) is 0 Å². The number of hydrogen-bond acceptors (Lipinski definition) is 3. The molecule has 0 radical (unpaired) electrons. The lowest BCUT2D eigenvalue weighted by Crippen LogP contribution is -2.44. The van der Waals surface area contributed by atoms with Gasteiger partial charge in [-0.1, -0.05) is 18.2 Å². The highest BCUT2D eigenvalue weighted by Gasteiger charge is 2.05. The first kappa shape index (κ1) is 17.7. The van der Waals surface area contributed by atoms with Gasteiger partial charge in [-0.05, 0) is 26.0 Å². The summed E-state index contributed by atoms with van der Waals surface area (Å²) in [4.78, 5) is 5.29. The Morgan fingerprint density at radius 2 is 2.10 bits per heavy atom. The standard InChI is InChI=1S/C15H25N3O2S/c1-4-16-15(18-13(2)12-20-3)17-10-11-21(19)14-8-6-5-7-9-14/h5-9,13H,4,10-12H2,1-3H3,(H2,16,17,18). The first-order valence-electron chi connectivity index (χ1n) is 7.14. The first-order chi connectivity index (χ1) is 10.2. The number of hydrogen-bond donors (Lipinski definition) is 2. The lowest BCUT2D eigenvalue weighted by Gasteiger charge is -2.16. The maximum absolute atomic E-state index is 12.1. The van der Waals surface area contributed by atoms with E-state index in [0.717, 1.165) is 17.4 Å². The van der Waals surface area contributed by atoms with Crippen LogP contribution < -0.4 is 10.6 Å². The molecule has 0 heterocycles. The van der Waals surface area contributed by atoms with Crippen molar-refractivity contribution in [3.8, 4) is 0 Å². The van der Waals surface area contributed by atoms with Gasteiger partial charge in [0.1, 0.15) is 0 Å². The molecule has 0 saturated carbocycles. The Hall–Kier alpha value is -1.40. The second-order valence-electron chi connectivity index (χ2n) is 4.62. The zero-order valence-electron chi connectivity index (χ0n) is 13.0. The van der Waals surface area contributed by atoms with Gasteiger partial charge in [-0.25, -0.2) is 0 Å². The third-order valence-electron chi connectivity index (χ3n) is 2.70. The van der Waals surface area contributed by atoms with Crippen molar-refractivity contribution in [3.05, 3.63) is 30.3 Å². The van der Waals surface area contributed by atoms with Crippen LogP contribution in [0.15, 0.2) is 40.2 Å². The molecule has 0 saturated heterocycles. The minimum Gasteiger partial charge on any atom is -0.383 e. The number of nitrogens with one attached hydrogen (secondary N) is 2. The molecule has 1 rings (SSSR count). The summed E-state index contributed by atoms with van der Waals surface area (Å²) < 4.78 is 17.2. The summed E-state index contributed by atoms with van der Waals surface area (Å²) in [6.45, 7) is 5.95. The number of guanidine groups is 1. The molecule has 0 amide bonds. The Morgan fingerprint density at radius 3 is 2.71 bits per heavy atom. The zero-order valence-corrected chi connectivity index (χ0v) is 13.8. The minimum atomic E-state index is -1.01. The smallest absolute Gasteiger partial charge is 0.191 e. The SMILES string of the molecule is CCNC(=NCCS(=O)c1ccccc1)NC(C)COC. The molecule has 0 aliphatic heterocycles. The Balaban J connectivity index is 2.48. The van der Waals surface area contributed by atoms with Crippen LogP contribution in [0.1, 0.15) is 13.8 Å². The molecule has 118 valence electrons. The topological polar surface area (TPSA) is 62.7 Å². The zero-order chi connectivity index (χ0) is 15.5. The van der Waals surface area contributed by atoms with Crippen LogP contribution in [-0.4, -0.2) is 48.8 Å². The summed E-state index contributed by atoms with van der Waals surface area (Å²) in [5.41, 5.74) is 0. The molecule has 0 aromatic heterocycles. The molecule has 21 heavy (non-hydrogen) atoms. The predicted octanol–water partition coefficient (Wildman–Crippen LogP) is 1.38. The van der Waals surface area contributed by atoms with Crippen LogP contribution in [0.2, 0.25) is 0 Å². The van der Waals surface area contributed by atoms with E-state index in [4.69, 9.17) is 4.74 Å². The number of nitrogens with zero attached hydrogens (tertiary/aromatic N) is 1. The van der Waals surface area contributed by atoms with Crippen LogP contribution in [0, 0.1) is 0 Å². The van der Waals surface area contributed by atoms with Crippen molar-refractivity contribution in [2.24, 2.45) is 4.99 Å². The van der Waals surface area contributed by atoms with Gasteiger partial charge in [-0.15, -0.1) is 0 Å². The van der Waals surface area contributed by atoms with Crippen LogP contribution in [-0.2, 0) is 15.5 Å². The molecule has 0 aliphatic rings. The lowest BCUT2D eigenvalue weighted by molar-refractivity contribution is 0.179. The quantitative estimate of drug-likeness (QED) is 0.562. The molecule has 6 heteroatoms. The molecule has 2 atom stereocenters. The monoisotopic (exact) mass is 311 g/mol. The minimum absolute atomic E-state index is 0.174. The fourth-order valence-electron chi connectivity index (χ4n) is 1.78. The second-order valence-corrected chi connectivity index (χ2v) is 6.19. The van der Waals surface area contributed by atoms with E-state index in [1.807, 2.05) is 44.2 Å². The van der Waals surface area contributed by atoms with E-state index in [-0.39, 0.29) is 6.04 Å². The maximum atomic E-state index is 12.1. The van der Waals surface area contributed by atoms with Gasteiger partial charge in [0.05, 0.1) is 24.0 Å². The molecule has 2 unspecified atom stereocenters. The third kappa shape index (κ3) is 7.24. The largest absolute Gasteiger partial charge is 0.383 e. The highest BCUT2D eigenvalue weighted by atomic mass is 32.2. The van der Waals surface area contributed by atoms with Crippen molar-refractivity contribution >= 4 is 16.8 Å². The van der Waals surface area contributed by atoms with Crippen molar-refractivity contribution in [1.82, 2.24) is 10.6 Å². The van der Waals surface area contributed by atoms with Crippen molar-refractivity contribution in [2.75, 3.05) is 32.6 Å². The van der Waals surface area contributed by atoms with Crippen LogP contribution in [0.5, 0.6) is 0 Å². The Kier molecular flexibility index (Phi) is 8.69. The molecule has 0 fully saturated rings. The van der Waals surface area contributed by atoms with Gasteiger partial charge < -0.3 is 15.4 Å². The predicted molar refractivity (Wildman–Crippen MR) is 88.2 cm³/mol. The average molecular weight is 311 g/mol. The number of aliphatic imine (C=N–C) groups is 1. The Morgan fingerprint density at radius 1 is 1.38 bits per heavy atom. The molecule has 2 N–H and O–H groups in total. The molecule has 5 nitrogen and oxygen atoms in total. The normalized spacial score (nSPS) is 14.5. The van der Waals surface area contributed by atoms with Crippen LogP contribution in [0.4, 0.5) is 0 Å². The van der Waals surface area contributed by atoms with Gasteiger partial charge in [0, 0.05) is 30.3 Å². The van der Waals surface area contributed by atoms with Crippen molar-refractivity contribution in [3.63, 3.8) is 0 Å². The van der Waals surface area contributed by atoms with E-state index in [2.05, 4.69) is 15.6 Å². The van der Waals surface area contributed by atoms with Crippen LogP contribution >= 0.6 is 0 Å². The van der Waals surface area contributed by atoms with Crippen molar-refractivity contribution in [1.29, 1.82) is 0 Å². The third-order valence-corrected chi connectivity index (χ3v) is 4.05. The second kappa shape index (κ2) is 10.3. The van der Waals surface area contributed by atoms with Gasteiger partial charge in [-0.3, -0.25) is 9.20 Å². The summed E-state index contributed by atoms with van der Waals surface area (Å²) in [6.07, 6.45) is 0. The summed E-state index contributed by atoms with van der Waals surface area (Å²) >= 11 is 0. The summed E-state index contributed by atoms with van der Waals surface area (Å²) in [5, 5.41) is 6.42. The fourth-order valence-corrected chi connectivity index (χ4v) is 2.73. The van der Waals surface area contributed by atoms with E-state index in [1.165, 1.54) is 0 Å². The highest BCUT2D eigenvalue weighted by molar-refractivity contribution is 7.85. The number of methoxy groups -OCH3 is 1. The van der Waals surface area contributed by atoms with Crippen molar-refractivity contribution in [2.45, 2.75) is 24.8 Å². The number of benzene rings is 1. The molecular weight excluding hydrogens is 286 g/mol. The van der Waals surface area contributed by atoms with Gasteiger partial charge in [-0.2, -0.15) is 0 Å². The number of ether oxygens (including phenoxy) is 1. The fraction of sp³-hybridized carbons (Fsp3) is 0.533. The Bertz CT molecular complexity index is 451. The molecule has 0 aliphatic carbocycles. The van der Waals surface area contributed by atoms with Gasteiger partial charge in [0.15, 0.2) is 5.96 Å². The lowest BCUT2D eigenvalue weighted by atomic mass is 10.4. The number of rotatable bonds is 8. The first-order valence-corrected chi connectivity index (χ1v) is 8.46. The highest BCUT2D eigenvalue weighted by Crippen LogP contribution is 2.05. The summed E-state index contributed by atoms with van der Waals surface area (Å²) in [5.74, 6) is 1.24. The van der Waals surface area contributed by atoms with E-state index in [0.29, 0.717) is 18.9 Å². The van der Waals surface area contributed by atoms with E-state index in [9.17, 15) is 4.21 Å². The molecule has 1 aromatic rings. The van der Waals surface area contributed by atoms with Gasteiger partial charge in [0.2, 0.25) is 0 Å². The van der Waals surface area contributed by atoms with Gasteiger partial charge >= 0.3 is 0 Å². The van der Waals surface area contributed by atoms with Gasteiger partial charge in [0.25, 0.3) is 0 Å². The van der Waals surface area contributed by atoms with E-state index >= 15 is 0 Å². The molecule has 0 bridgehead atoms. The Labute approximate surface area is 129 Å². The van der Waals surface area contributed by atoms with E-state index < -0.39 is 10.8 Å². The molecule has 1 aromatic carbocycles. The van der Waals surface area contributed by atoms with E-state index in [1.54, 1.807) is 7.11 Å². The molecular formula is C15H25N3O2S. The summed E-state index contributed by atoms with van der Waals surface area (Å²) in [7, 11) is 0.665. The van der Waals surface area contributed by atoms with Crippen LogP contribution in [0.3, 0.4) is 0 Å². The summed E-state index contributed by atoms with van der Waals surface area (Å²) in [6, 6.07) is 9.65. The van der Waals surface area contributed by atoms with Crippen molar-refractivity contribution < 1.29 is 8.95 Å². The molecule has 0 spiro atoms. The average Bonchev–Trinajstić information content (AvgIpc) is 2.48.